The zero-order valence-corrected chi connectivity index (χ0v) is 13.0. The van der Waals surface area contributed by atoms with Gasteiger partial charge in [0.15, 0.2) is 0 Å². The maximum atomic E-state index is 12.4. The van der Waals surface area contributed by atoms with E-state index in [0.29, 0.717) is 0 Å². The van der Waals surface area contributed by atoms with Gasteiger partial charge in [-0.15, -0.1) is 0 Å². The first-order valence-corrected chi connectivity index (χ1v) is 7.37. The Balaban J connectivity index is 2.13. The number of likely N-dealkylation sites (tertiary alicyclic amines) is 1. The SMILES string of the molecule is Cc1cc(C(=O)N2CCCC2)cc(NCC(C)(C)C)n1. The van der Waals surface area contributed by atoms with Crippen LogP contribution >= 0.6 is 0 Å². The van der Waals surface area contributed by atoms with Gasteiger partial charge < -0.3 is 10.2 Å². The summed E-state index contributed by atoms with van der Waals surface area (Å²) in [4.78, 5) is 18.8. The van der Waals surface area contributed by atoms with Gasteiger partial charge >= 0.3 is 0 Å². The summed E-state index contributed by atoms with van der Waals surface area (Å²) < 4.78 is 0. The molecule has 1 N–H and O–H groups in total. The highest BCUT2D eigenvalue weighted by molar-refractivity contribution is 5.95. The number of rotatable bonds is 3. The molecule has 1 amide bonds. The van der Waals surface area contributed by atoms with Crippen molar-refractivity contribution in [3.05, 3.63) is 23.4 Å². The molecule has 0 bridgehead atoms. The van der Waals surface area contributed by atoms with E-state index >= 15 is 0 Å². The zero-order valence-electron chi connectivity index (χ0n) is 13.0. The molecule has 2 heterocycles. The van der Waals surface area contributed by atoms with Gasteiger partial charge in [0, 0.05) is 30.9 Å². The first-order valence-electron chi connectivity index (χ1n) is 7.37. The number of pyridine rings is 1. The Morgan fingerprint density at radius 1 is 1.30 bits per heavy atom. The molecule has 0 aromatic carbocycles. The number of anilines is 1. The number of aromatic nitrogens is 1. The van der Waals surface area contributed by atoms with Gasteiger partial charge in [-0.05, 0) is 37.3 Å². The monoisotopic (exact) mass is 275 g/mol. The molecule has 0 aliphatic carbocycles. The number of nitrogens with zero attached hydrogens (tertiary/aromatic N) is 2. The fourth-order valence-corrected chi connectivity index (χ4v) is 2.34. The van der Waals surface area contributed by atoms with E-state index in [1.165, 1.54) is 0 Å². The molecule has 4 nitrogen and oxygen atoms in total. The largest absolute Gasteiger partial charge is 0.370 e. The highest BCUT2D eigenvalue weighted by Gasteiger charge is 2.20. The third-order valence-electron chi connectivity index (χ3n) is 3.39. The summed E-state index contributed by atoms with van der Waals surface area (Å²) in [5, 5.41) is 3.33. The molecule has 0 unspecified atom stereocenters. The summed E-state index contributed by atoms with van der Waals surface area (Å²) in [5.41, 5.74) is 1.81. The van der Waals surface area contributed by atoms with E-state index in [9.17, 15) is 4.79 Å². The maximum absolute atomic E-state index is 12.4. The predicted molar refractivity (Wildman–Crippen MR) is 82.1 cm³/mol. The molecule has 1 aliphatic heterocycles. The standard InChI is InChI=1S/C16H25N3O/c1-12-9-13(15(20)19-7-5-6-8-19)10-14(18-12)17-11-16(2,3)4/h9-10H,5-8,11H2,1-4H3,(H,17,18). The maximum Gasteiger partial charge on any atom is 0.254 e. The number of carbonyl (C=O) groups is 1. The van der Waals surface area contributed by atoms with E-state index < -0.39 is 0 Å². The van der Waals surface area contributed by atoms with Crippen molar-refractivity contribution in [3.8, 4) is 0 Å². The fourth-order valence-electron chi connectivity index (χ4n) is 2.34. The van der Waals surface area contributed by atoms with Crippen molar-refractivity contribution in [3.63, 3.8) is 0 Å². The zero-order chi connectivity index (χ0) is 14.8. The van der Waals surface area contributed by atoms with Crippen molar-refractivity contribution in [2.75, 3.05) is 25.0 Å². The van der Waals surface area contributed by atoms with Crippen LogP contribution in [-0.4, -0.2) is 35.4 Å². The van der Waals surface area contributed by atoms with Gasteiger partial charge in [-0.3, -0.25) is 4.79 Å². The van der Waals surface area contributed by atoms with Crippen LogP contribution in [0.2, 0.25) is 0 Å². The molecule has 0 spiro atoms. The molecule has 1 fully saturated rings. The van der Waals surface area contributed by atoms with Gasteiger partial charge in [-0.2, -0.15) is 0 Å². The van der Waals surface area contributed by atoms with Crippen molar-refractivity contribution in [1.29, 1.82) is 0 Å². The van der Waals surface area contributed by atoms with Crippen LogP contribution in [0.4, 0.5) is 5.82 Å². The average molecular weight is 275 g/mol. The first-order chi connectivity index (χ1) is 9.35. The van der Waals surface area contributed by atoms with Gasteiger partial charge in [0.25, 0.3) is 5.91 Å². The Labute approximate surface area is 121 Å². The average Bonchev–Trinajstić information content (AvgIpc) is 2.88. The van der Waals surface area contributed by atoms with E-state index in [0.717, 1.165) is 49.6 Å². The number of hydrogen-bond donors (Lipinski definition) is 1. The number of nitrogens with one attached hydrogen (secondary N) is 1. The lowest BCUT2D eigenvalue weighted by molar-refractivity contribution is 0.0792. The van der Waals surface area contributed by atoms with Crippen LogP contribution in [0.15, 0.2) is 12.1 Å². The molecule has 0 radical (unpaired) electrons. The Morgan fingerprint density at radius 3 is 2.55 bits per heavy atom. The molecule has 110 valence electrons. The van der Waals surface area contributed by atoms with Crippen LogP contribution < -0.4 is 5.32 Å². The van der Waals surface area contributed by atoms with Gasteiger partial charge in [-0.1, -0.05) is 20.8 Å². The number of hydrogen-bond acceptors (Lipinski definition) is 3. The Hall–Kier alpha value is -1.58. The van der Waals surface area contributed by atoms with Gasteiger partial charge in [0.05, 0.1) is 0 Å². The number of carbonyl (C=O) groups excluding carboxylic acids is 1. The lowest BCUT2D eigenvalue weighted by Crippen LogP contribution is -2.28. The van der Waals surface area contributed by atoms with Gasteiger partial charge in [0.2, 0.25) is 0 Å². The normalized spacial score (nSPS) is 15.5. The second kappa shape index (κ2) is 5.81. The minimum Gasteiger partial charge on any atom is -0.370 e. The minimum atomic E-state index is 0.131. The van der Waals surface area contributed by atoms with Gasteiger partial charge in [-0.25, -0.2) is 4.98 Å². The summed E-state index contributed by atoms with van der Waals surface area (Å²) >= 11 is 0. The summed E-state index contributed by atoms with van der Waals surface area (Å²) in [6.45, 7) is 11.0. The lowest BCUT2D eigenvalue weighted by Gasteiger charge is -2.20. The second-order valence-electron chi connectivity index (χ2n) is 6.80. The number of aryl methyl sites for hydroxylation is 1. The van der Waals surface area contributed by atoms with Crippen LogP contribution in [0.1, 0.15) is 49.7 Å². The van der Waals surface area contributed by atoms with Crippen LogP contribution in [0.5, 0.6) is 0 Å². The molecule has 1 saturated heterocycles. The van der Waals surface area contributed by atoms with Gasteiger partial charge in [0.1, 0.15) is 5.82 Å². The Kier molecular flexibility index (Phi) is 4.31. The third kappa shape index (κ3) is 3.95. The smallest absolute Gasteiger partial charge is 0.254 e. The molecular weight excluding hydrogens is 250 g/mol. The van der Waals surface area contributed by atoms with Crippen molar-refractivity contribution in [2.45, 2.75) is 40.5 Å². The van der Waals surface area contributed by atoms with E-state index in [1.54, 1.807) is 0 Å². The van der Waals surface area contributed by atoms with E-state index in [4.69, 9.17) is 0 Å². The summed E-state index contributed by atoms with van der Waals surface area (Å²) in [6, 6.07) is 3.75. The molecule has 4 heteroatoms. The predicted octanol–water partition coefficient (Wildman–Crippen LogP) is 3.08. The van der Waals surface area contributed by atoms with Crippen LogP contribution in [-0.2, 0) is 0 Å². The van der Waals surface area contributed by atoms with E-state index in [1.807, 2.05) is 24.0 Å². The van der Waals surface area contributed by atoms with Crippen molar-refractivity contribution < 1.29 is 4.79 Å². The molecule has 1 aliphatic rings. The molecule has 2 rings (SSSR count). The Morgan fingerprint density at radius 2 is 1.95 bits per heavy atom. The van der Waals surface area contributed by atoms with E-state index in [2.05, 4.69) is 31.1 Å². The molecule has 1 aromatic rings. The highest BCUT2D eigenvalue weighted by atomic mass is 16.2. The van der Waals surface area contributed by atoms with Crippen molar-refractivity contribution in [1.82, 2.24) is 9.88 Å². The third-order valence-corrected chi connectivity index (χ3v) is 3.39. The second-order valence-corrected chi connectivity index (χ2v) is 6.80. The lowest BCUT2D eigenvalue weighted by atomic mass is 9.97. The summed E-state index contributed by atoms with van der Waals surface area (Å²) in [6.07, 6.45) is 2.23. The van der Waals surface area contributed by atoms with Crippen LogP contribution in [0, 0.1) is 12.3 Å². The fraction of sp³-hybridized carbons (Fsp3) is 0.625. The summed E-state index contributed by atoms with van der Waals surface area (Å²) in [5.74, 6) is 0.925. The van der Waals surface area contributed by atoms with Crippen LogP contribution in [0.3, 0.4) is 0 Å². The van der Waals surface area contributed by atoms with E-state index in [-0.39, 0.29) is 11.3 Å². The van der Waals surface area contributed by atoms with Crippen molar-refractivity contribution in [2.24, 2.45) is 5.41 Å². The molecule has 0 atom stereocenters. The molecule has 0 saturated carbocycles. The number of amides is 1. The highest BCUT2D eigenvalue weighted by Crippen LogP contribution is 2.18. The molecule has 1 aromatic heterocycles. The quantitative estimate of drug-likeness (QED) is 0.922. The molecule has 20 heavy (non-hydrogen) atoms. The van der Waals surface area contributed by atoms with Crippen molar-refractivity contribution >= 4 is 11.7 Å². The topological polar surface area (TPSA) is 45.2 Å². The first kappa shape index (κ1) is 14.8. The molecular formula is C16H25N3O. The minimum absolute atomic E-state index is 0.131. The summed E-state index contributed by atoms with van der Waals surface area (Å²) in [7, 11) is 0. The Bertz CT molecular complexity index is 485. The van der Waals surface area contributed by atoms with Crippen LogP contribution in [0.25, 0.3) is 0 Å².